The van der Waals surface area contributed by atoms with Gasteiger partial charge < -0.3 is 10.2 Å². The number of rotatable bonds is 5. The maximum absolute atomic E-state index is 12.9. The van der Waals surface area contributed by atoms with E-state index >= 15 is 0 Å². The van der Waals surface area contributed by atoms with Crippen LogP contribution in [0.4, 0.5) is 8.78 Å². The third kappa shape index (κ3) is 3.42. The molecule has 1 N–H and O–H groups in total. The van der Waals surface area contributed by atoms with Crippen LogP contribution in [0.5, 0.6) is 0 Å². The largest absolute Gasteiger partial charge is 0.354 e. The first-order valence-electron chi connectivity index (χ1n) is 8.44. The van der Waals surface area contributed by atoms with Gasteiger partial charge in [0.15, 0.2) is 0 Å². The molecule has 0 spiro atoms. The van der Waals surface area contributed by atoms with Gasteiger partial charge in [-0.15, -0.1) is 0 Å². The summed E-state index contributed by atoms with van der Waals surface area (Å²) < 4.78 is 27.3. The maximum Gasteiger partial charge on any atom is 0.282 e. The van der Waals surface area contributed by atoms with Crippen LogP contribution in [0.15, 0.2) is 6.07 Å². The van der Waals surface area contributed by atoms with Gasteiger partial charge in [0, 0.05) is 24.7 Å². The fraction of sp³-hybridized carbons (Fsp3) is 0.688. The first-order valence-corrected chi connectivity index (χ1v) is 8.44. The average molecular weight is 340 g/mol. The summed E-state index contributed by atoms with van der Waals surface area (Å²) in [6, 6.07) is 0.900. The molecule has 1 saturated heterocycles. The molecule has 1 aromatic rings. The zero-order chi connectivity index (χ0) is 17.3. The van der Waals surface area contributed by atoms with Crippen LogP contribution in [0.2, 0.25) is 0 Å². The lowest BCUT2D eigenvalue weighted by atomic mass is 10.1. The van der Waals surface area contributed by atoms with Gasteiger partial charge in [-0.05, 0) is 31.7 Å². The molecular formula is C16H22F2N4O2. The van der Waals surface area contributed by atoms with Crippen LogP contribution in [-0.4, -0.2) is 45.6 Å². The molecule has 0 bridgehead atoms. The number of hydrogen-bond acceptors (Lipinski definition) is 3. The Bertz CT molecular complexity index is 628. The van der Waals surface area contributed by atoms with Crippen molar-refractivity contribution in [1.29, 1.82) is 0 Å². The Morgan fingerprint density at radius 3 is 2.83 bits per heavy atom. The van der Waals surface area contributed by atoms with Crippen molar-refractivity contribution >= 4 is 11.8 Å². The molecule has 1 atom stereocenters. The Balaban J connectivity index is 1.79. The fourth-order valence-corrected chi connectivity index (χ4v) is 3.19. The maximum atomic E-state index is 12.9. The molecule has 2 heterocycles. The van der Waals surface area contributed by atoms with Gasteiger partial charge in [-0.1, -0.05) is 6.92 Å². The van der Waals surface area contributed by atoms with E-state index in [4.69, 9.17) is 0 Å². The second kappa shape index (κ2) is 6.86. The topological polar surface area (TPSA) is 67.2 Å². The van der Waals surface area contributed by atoms with Crippen LogP contribution in [0.1, 0.15) is 56.3 Å². The van der Waals surface area contributed by atoms with Gasteiger partial charge in [0.05, 0.1) is 0 Å². The highest BCUT2D eigenvalue weighted by molar-refractivity contribution is 5.88. The van der Waals surface area contributed by atoms with Gasteiger partial charge >= 0.3 is 0 Å². The van der Waals surface area contributed by atoms with Crippen molar-refractivity contribution < 1.29 is 18.4 Å². The summed E-state index contributed by atoms with van der Waals surface area (Å²) in [6.07, 6.45) is 0.434. The van der Waals surface area contributed by atoms with E-state index in [9.17, 15) is 18.4 Å². The summed E-state index contributed by atoms with van der Waals surface area (Å²) in [7, 11) is 0. The fourth-order valence-electron chi connectivity index (χ4n) is 3.19. The van der Waals surface area contributed by atoms with E-state index in [1.807, 2.05) is 6.92 Å². The molecule has 1 aliphatic heterocycles. The molecule has 1 saturated carbocycles. The van der Waals surface area contributed by atoms with E-state index in [0.29, 0.717) is 31.6 Å². The number of hydrogen-bond donors (Lipinski definition) is 1. The Morgan fingerprint density at radius 2 is 2.21 bits per heavy atom. The first kappa shape index (κ1) is 16.9. The van der Waals surface area contributed by atoms with Crippen molar-refractivity contribution in [2.75, 3.05) is 13.1 Å². The molecule has 2 fully saturated rings. The van der Waals surface area contributed by atoms with Crippen molar-refractivity contribution in [3.63, 3.8) is 0 Å². The van der Waals surface area contributed by atoms with Gasteiger partial charge in [0.1, 0.15) is 18.3 Å². The molecule has 8 heteroatoms. The summed E-state index contributed by atoms with van der Waals surface area (Å²) in [4.78, 5) is 26.3. The van der Waals surface area contributed by atoms with Gasteiger partial charge in [-0.25, -0.2) is 8.78 Å². The summed E-state index contributed by atoms with van der Waals surface area (Å²) in [5.41, 5.74) is 0.413. The van der Waals surface area contributed by atoms with Gasteiger partial charge in [-0.2, -0.15) is 5.10 Å². The third-order valence-corrected chi connectivity index (χ3v) is 4.60. The SMILES string of the molecule is CC[C@@H]1C(=O)NCCCN1C(=O)Cn1nc(C(F)F)cc1C1CC1. The molecule has 6 nitrogen and oxygen atoms in total. The number of halogens is 2. The number of aromatic nitrogens is 2. The number of nitrogens with zero attached hydrogens (tertiary/aromatic N) is 3. The van der Waals surface area contributed by atoms with E-state index in [1.54, 1.807) is 4.90 Å². The second-order valence-corrected chi connectivity index (χ2v) is 6.38. The van der Waals surface area contributed by atoms with E-state index in [2.05, 4.69) is 10.4 Å². The molecule has 1 aliphatic carbocycles. The summed E-state index contributed by atoms with van der Waals surface area (Å²) in [5, 5.41) is 6.72. The average Bonchev–Trinajstić information content (AvgIpc) is 3.32. The Labute approximate surface area is 139 Å². The minimum atomic E-state index is -2.65. The van der Waals surface area contributed by atoms with E-state index in [-0.39, 0.29) is 30.0 Å². The number of nitrogens with one attached hydrogen (secondary N) is 1. The molecule has 1 aromatic heterocycles. The van der Waals surface area contributed by atoms with Crippen molar-refractivity contribution in [1.82, 2.24) is 20.0 Å². The highest BCUT2D eigenvalue weighted by Gasteiger charge is 2.33. The highest BCUT2D eigenvalue weighted by Crippen LogP contribution is 2.41. The lowest BCUT2D eigenvalue weighted by Crippen LogP contribution is -2.48. The Hall–Kier alpha value is -1.99. The lowest BCUT2D eigenvalue weighted by molar-refractivity contribution is -0.140. The van der Waals surface area contributed by atoms with Crippen LogP contribution in [0, 0.1) is 0 Å². The molecular weight excluding hydrogens is 318 g/mol. The Morgan fingerprint density at radius 1 is 1.46 bits per heavy atom. The normalized spacial score (nSPS) is 21.8. The Kier molecular flexibility index (Phi) is 4.82. The molecule has 0 aromatic carbocycles. The van der Waals surface area contributed by atoms with E-state index < -0.39 is 12.5 Å². The van der Waals surface area contributed by atoms with Gasteiger partial charge in [0.2, 0.25) is 11.8 Å². The highest BCUT2D eigenvalue weighted by atomic mass is 19.3. The zero-order valence-corrected chi connectivity index (χ0v) is 13.7. The van der Waals surface area contributed by atoms with Crippen molar-refractivity contribution in [3.8, 4) is 0 Å². The number of amides is 2. The summed E-state index contributed by atoms with van der Waals surface area (Å²) >= 11 is 0. The van der Waals surface area contributed by atoms with Crippen LogP contribution < -0.4 is 5.32 Å². The minimum absolute atomic E-state index is 0.0949. The summed E-state index contributed by atoms with van der Waals surface area (Å²) in [6.45, 7) is 2.79. The van der Waals surface area contributed by atoms with E-state index in [1.165, 1.54) is 10.7 Å². The molecule has 24 heavy (non-hydrogen) atoms. The van der Waals surface area contributed by atoms with Crippen molar-refractivity contribution in [3.05, 3.63) is 17.5 Å². The van der Waals surface area contributed by atoms with Crippen LogP contribution in [0.25, 0.3) is 0 Å². The molecule has 3 rings (SSSR count). The smallest absolute Gasteiger partial charge is 0.282 e. The predicted molar refractivity (Wildman–Crippen MR) is 82.6 cm³/mol. The van der Waals surface area contributed by atoms with Crippen molar-refractivity contribution in [2.45, 2.75) is 57.5 Å². The molecule has 2 aliphatic rings. The predicted octanol–water partition coefficient (Wildman–Crippen LogP) is 1.83. The first-order chi connectivity index (χ1) is 11.5. The molecule has 0 radical (unpaired) electrons. The molecule has 132 valence electrons. The van der Waals surface area contributed by atoms with Crippen LogP contribution in [-0.2, 0) is 16.1 Å². The van der Waals surface area contributed by atoms with Gasteiger partial charge in [0.25, 0.3) is 6.43 Å². The van der Waals surface area contributed by atoms with E-state index in [0.717, 1.165) is 12.8 Å². The second-order valence-electron chi connectivity index (χ2n) is 6.38. The molecule has 0 unspecified atom stereocenters. The van der Waals surface area contributed by atoms with Gasteiger partial charge in [-0.3, -0.25) is 14.3 Å². The van der Waals surface area contributed by atoms with Crippen LogP contribution >= 0.6 is 0 Å². The molecule has 2 amide bonds. The number of carbonyl (C=O) groups excluding carboxylic acids is 2. The lowest BCUT2D eigenvalue weighted by Gasteiger charge is -2.27. The minimum Gasteiger partial charge on any atom is -0.354 e. The standard InChI is InChI=1S/C16H22F2N4O2/c1-2-12-16(24)19-6-3-7-21(12)14(23)9-22-13(10-4-5-10)8-11(20-22)15(17)18/h8,10,12,15H,2-7,9H2,1H3,(H,19,24)/t12-/m1/s1. The number of alkyl halides is 2. The zero-order valence-electron chi connectivity index (χ0n) is 13.7. The monoisotopic (exact) mass is 340 g/mol. The third-order valence-electron chi connectivity index (χ3n) is 4.60. The van der Waals surface area contributed by atoms with Crippen LogP contribution in [0.3, 0.4) is 0 Å². The van der Waals surface area contributed by atoms with Crippen molar-refractivity contribution in [2.24, 2.45) is 0 Å². The number of carbonyl (C=O) groups is 2. The quantitative estimate of drug-likeness (QED) is 0.889. The summed E-state index contributed by atoms with van der Waals surface area (Å²) in [5.74, 6) is -0.184.